The summed E-state index contributed by atoms with van der Waals surface area (Å²) in [6, 6.07) is 2.38. The number of hydrogen-bond donors (Lipinski definition) is 3. The third-order valence-corrected chi connectivity index (χ3v) is 3.51. The summed E-state index contributed by atoms with van der Waals surface area (Å²) >= 11 is 3.86. The van der Waals surface area contributed by atoms with Crippen LogP contribution in [0.4, 0.5) is 0 Å². The molecule has 0 bridgehead atoms. The molecule has 2 N–H and O–H groups in total. The van der Waals surface area contributed by atoms with Gasteiger partial charge in [0, 0.05) is 12.8 Å². The van der Waals surface area contributed by atoms with Gasteiger partial charge >= 0.3 is 5.97 Å². The minimum absolute atomic E-state index is 0.0114. The van der Waals surface area contributed by atoms with E-state index < -0.39 is 23.5 Å². The van der Waals surface area contributed by atoms with Gasteiger partial charge in [-0.05, 0) is 12.1 Å². The van der Waals surface area contributed by atoms with Crippen molar-refractivity contribution in [3.63, 3.8) is 0 Å². The molecule has 1 amide bonds. The van der Waals surface area contributed by atoms with E-state index in [0.29, 0.717) is 5.76 Å². The molecule has 0 aromatic carbocycles. The molecule has 6 nitrogen and oxygen atoms in total. The van der Waals surface area contributed by atoms with Gasteiger partial charge < -0.3 is 19.5 Å². The van der Waals surface area contributed by atoms with Gasteiger partial charge in [0.15, 0.2) is 0 Å². The van der Waals surface area contributed by atoms with Crippen molar-refractivity contribution >= 4 is 24.5 Å². The van der Waals surface area contributed by atoms with Crippen LogP contribution in [0.25, 0.3) is 0 Å². The third-order valence-electron chi connectivity index (χ3n) is 3.24. The molecule has 1 fully saturated rings. The summed E-state index contributed by atoms with van der Waals surface area (Å²) in [5, 5.41) is 19.6. The monoisotopic (exact) mass is 285 g/mol. The SMILES string of the molecule is O=C(O)[C@@H]1CC(O)(Cc2ccco2)CN1C(=O)CS. The van der Waals surface area contributed by atoms with Crippen LogP contribution in [0, 0.1) is 0 Å². The Bertz CT molecular complexity index is 474. The smallest absolute Gasteiger partial charge is 0.326 e. The van der Waals surface area contributed by atoms with Gasteiger partial charge in [-0.3, -0.25) is 4.79 Å². The minimum Gasteiger partial charge on any atom is -0.480 e. The number of amides is 1. The molecule has 0 spiro atoms. The van der Waals surface area contributed by atoms with Crippen LogP contribution in [0.2, 0.25) is 0 Å². The lowest BCUT2D eigenvalue weighted by atomic mass is 9.95. The number of aliphatic carboxylic acids is 1. The predicted molar refractivity (Wildman–Crippen MR) is 69.0 cm³/mol. The van der Waals surface area contributed by atoms with Gasteiger partial charge in [0.05, 0.1) is 24.2 Å². The van der Waals surface area contributed by atoms with Gasteiger partial charge in [-0.1, -0.05) is 0 Å². The van der Waals surface area contributed by atoms with Crippen molar-refractivity contribution in [2.75, 3.05) is 12.3 Å². The molecule has 0 saturated carbocycles. The number of carboxylic acid groups (broad SMARTS) is 1. The summed E-state index contributed by atoms with van der Waals surface area (Å²) in [4.78, 5) is 24.0. The normalized spacial score (nSPS) is 26.6. The first-order valence-corrected chi connectivity index (χ1v) is 6.46. The van der Waals surface area contributed by atoms with E-state index in [4.69, 9.17) is 9.52 Å². The van der Waals surface area contributed by atoms with Gasteiger partial charge in [-0.2, -0.15) is 12.6 Å². The van der Waals surface area contributed by atoms with Crippen molar-refractivity contribution < 1.29 is 24.2 Å². The molecule has 0 aliphatic carbocycles. The average Bonchev–Trinajstić information content (AvgIpc) is 2.96. The Hall–Kier alpha value is -1.47. The van der Waals surface area contributed by atoms with Crippen LogP contribution in [0.5, 0.6) is 0 Å². The molecule has 2 rings (SSSR count). The molecule has 1 aliphatic heterocycles. The number of hydrogen-bond acceptors (Lipinski definition) is 5. The summed E-state index contributed by atoms with van der Waals surface area (Å²) in [5.74, 6) is -1.04. The molecule has 1 aromatic rings. The molecule has 1 aliphatic rings. The van der Waals surface area contributed by atoms with Crippen LogP contribution in [0.15, 0.2) is 22.8 Å². The number of carbonyl (C=O) groups excluding carboxylic acids is 1. The number of rotatable bonds is 4. The van der Waals surface area contributed by atoms with Gasteiger partial charge in [-0.25, -0.2) is 4.79 Å². The summed E-state index contributed by atoms with van der Waals surface area (Å²) in [6.07, 6.45) is 1.65. The van der Waals surface area contributed by atoms with E-state index in [1.54, 1.807) is 12.1 Å². The molecule has 0 radical (unpaired) electrons. The fourth-order valence-corrected chi connectivity index (χ4v) is 2.58. The zero-order valence-corrected chi connectivity index (χ0v) is 11.0. The number of carboxylic acids is 1. The largest absolute Gasteiger partial charge is 0.480 e. The summed E-state index contributed by atoms with van der Waals surface area (Å²) < 4.78 is 5.15. The highest BCUT2D eigenvalue weighted by atomic mass is 32.1. The molecular weight excluding hydrogens is 270 g/mol. The molecule has 1 aromatic heterocycles. The molecule has 7 heteroatoms. The van der Waals surface area contributed by atoms with Gasteiger partial charge in [0.25, 0.3) is 0 Å². The van der Waals surface area contributed by atoms with Crippen molar-refractivity contribution in [3.05, 3.63) is 24.2 Å². The number of likely N-dealkylation sites (tertiary alicyclic amines) is 1. The molecule has 2 atom stereocenters. The molecule has 19 heavy (non-hydrogen) atoms. The van der Waals surface area contributed by atoms with Gasteiger partial charge in [0.2, 0.25) is 5.91 Å². The first-order valence-electron chi connectivity index (χ1n) is 5.83. The summed E-state index contributed by atoms with van der Waals surface area (Å²) in [6.45, 7) is -0.0237. The summed E-state index contributed by atoms with van der Waals surface area (Å²) in [5.41, 5.74) is -1.28. The molecule has 1 saturated heterocycles. The fourth-order valence-electron chi connectivity index (χ4n) is 2.40. The summed E-state index contributed by atoms with van der Waals surface area (Å²) in [7, 11) is 0. The van der Waals surface area contributed by atoms with Crippen LogP contribution >= 0.6 is 12.6 Å². The fraction of sp³-hybridized carbons (Fsp3) is 0.500. The standard InChI is InChI=1S/C12H15NO5S/c14-10(6-19)13-7-12(17,5-9(13)11(15)16)4-8-2-1-3-18-8/h1-3,9,17,19H,4-7H2,(H,15,16)/t9-,12?/m0/s1. The van der Waals surface area contributed by atoms with E-state index in [9.17, 15) is 14.7 Å². The highest BCUT2D eigenvalue weighted by Crippen LogP contribution is 2.31. The Morgan fingerprint density at radius 1 is 1.58 bits per heavy atom. The molecule has 2 heterocycles. The Kier molecular flexibility index (Phi) is 3.86. The topological polar surface area (TPSA) is 91.0 Å². The lowest BCUT2D eigenvalue weighted by molar-refractivity contribution is -0.147. The quantitative estimate of drug-likeness (QED) is 0.686. The highest BCUT2D eigenvalue weighted by molar-refractivity contribution is 7.81. The third kappa shape index (κ3) is 2.93. The van der Waals surface area contributed by atoms with Gasteiger partial charge in [-0.15, -0.1) is 0 Å². The van der Waals surface area contributed by atoms with Crippen LogP contribution in [-0.2, 0) is 16.0 Å². The molecule has 1 unspecified atom stereocenters. The van der Waals surface area contributed by atoms with E-state index in [-0.39, 0.29) is 25.1 Å². The van der Waals surface area contributed by atoms with Crippen LogP contribution in [0.3, 0.4) is 0 Å². The number of β-amino-alcohol motifs (C(OH)–C–C–N with tert-alkyl or cyclic N) is 1. The van der Waals surface area contributed by atoms with Crippen molar-refractivity contribution in [3.8, 4) is 0 Å². The Balaban J connectivity index is 2.16. The van der Waals surface area contributed by atoms with E-state index in [1.165, 1.54) is 6.26 Å². The average molecular weight is 285 g/mol. The lowest BCUT2D eigenvalue weighted by Crippen LogP contribution is -2.42. The zero-order chi connectivity index (χ0) is 14.0. The lowest BCUT2D eigenvalue weighted by Gasteiger charge is -2.22. The van der Waals surface area contributed by atoms with E-state index in [1.807, 2.05) is 0 Å². The predicted octanol–water partition coefficient (Wildman–Crippen LogP) is 0.168. The van der Waals surface area contributed by atoms with Crippen LogP contribution in [0.1, 0.15) is 12.2 Å². The maximum absolute atomic E-state index is 11.7. The second kappa shape index (κ2) is 5.26. The first-order chi connectivity index (χ1) is 8.95. The minimum atomic E-state index is -1.28. The second-order valence-electron chi connectivity index (χ2n) is 4.72. The maximum Gasteiger partial charge on any atom is 0.326 e. The van der Waals surface area contributed by atoms with Crippen LogP contribution < -0.4 is 0 Å². The highest BCUT2D eigenvalue weighted by Gasteiger charge is 2.48. The van der Waals surface area contributed by atoms with Crippen molar-refractivity contribution in [1.29, 1.82) is 0 Å². The van der Waals surface area contributed by atoms with Crippen molar-refractivity contribution in [2.45, 2.75) is 24.5 Å². The Morgan fingerprint density at radius 2 is 2.32 bits per heavy atom. The van der Waals surface area contributed by atoms with E-state index in [0.717, 1.165) is 4.90 Å². The number of aliphatic hydroxyl groups is 1. The Labute approximate surface area is 115 Å². The van der Waals surface area contributed by atoms with E-state index >= 15 is 0 Å². The number of carbonyl (C=O) groups is 2. The number of nitrogens with zero attached hydrogens (tertiary/aromatic N) is 1. The number of thiol groups is 1. The van der Waals surface area contributed by atoms with E-state index in [2.05, 4.69) is 12.6 Å². The zero-order valence-electron chi connectivity index (χ0n) is 10.2. The Morgan fingerprint density at radius 3 is 2.84 bits per heavy atom. The molecule has 104 valence electrons. The first kappa shape index (κ1) is 14.0. The van der Waals surface area contributed by atoms with Gasteiger partial charge in [0.1, 0.15) is 11.8 Å². The van der Waals surface area contributed by atoms with Crippen molar-refractivity contribution in [2.24, 2.45) is 0 Å². The number of furan rings is 1. The maximum atomic E-state index is 11.7. The van der Waals surface area contributed by atoms with Crippen molar-refractivity contribution in [1.82, 2.24) is 4.90 Å². The van der Waals surface area contributed by atoms with Crippen LogP contribution in [-0.4, -0.2) is 50.9 Å². The second-order valence-corrected chi connectivity index (χ2v) is 5.03. The molecular formula is C12H15NO5S.